The minimum absolute atomic E-state index is 0.352. The van der Waals surface area contributed by atoms with Gasteiger partial charge in [0.15, 0.2) is 5.67 Å². The molecule has 0 nitrogen and oxygen atoms in total. The zero-order valence-corrected chi connectivity index (χ0v) is 8.54. The molecule has 74 valence electrons. The van der Waals surface area contributed by atoms with Gasteiger partial charge in [0.05, 0.1) is 0 Å². The van der Waals surface area contributed by atoms with E-state index < -0.39 is 10.5 Å². The van der Waals surface area contributed by atoms with Crippen molar-refractivity contribution >= 4 is 11.6 Å². The van der Waals surface area contributed by atoms with E-state index in [0.717, 1.165) is 0 Å². The molecular formula is C12H12ClF. The number of halogens is 2. The normalized spacial score (nSPS) is 40.4. The molecular weight excluding hydrogens is 199 g/mol. The Labute approximate surface area is 88.5 Å². The van der Waals surface area contributed by atoms with Crippen molar-refractivity contribution in [3.8, 4) is 0 Å². The molecule has 0 fully saturated rings. The van der Waals surface area contributed by atoms with Crippen molar-refractivity contribution < 1.29 is 4.39 Å². The van der Waals surface area contributed by atoms with Crippen molar-refractivity contribution in [2.24, 2.45) is 0 Å². The van der Waals surface area contributed by atoms with Crippen LogP contribution in [0.15, 0.2) is 48.6 Å². The second-order valence-electron chi connectivity index (χ2n) is 3.71. The minimum Gasteiger partial charge on any atom is -0.237 e. The Kier molecular flexibility index (Phi) is 2.36. The van der Waals surface area contributed by atoms with E-state index in [-0.39, 0.29) is 0 Å². The van der Waals surface area contributed by atoms with Crippen LogP contribution in [0.2, 0.25) is 0 Å². The minimum atomic E-state index is -1.45. The summed E-state index contributed by atoms with van der Waals surface area (Å²) >= 11 is 6.30. The highest BCUT2D eigenvalue weighted by Crippen LogP contribution is 2.44. The molecule has 2 aliphatic carbocycles. The first kappa shape index (κ1) is 9.72. The molecule has 0 radical (unpaired) electrons. The summed E-state index contributed by atoms with van der Waals surface area (Å²) in [6.45, 7) is 0. The molecule has 0 aromatic carbocycles. The number of hydrogen-bond acceptors (Lipinski definition) is 0. The molecule has 0 N–H and O–H groups in total. The highest BCUT2D eigenvalue weighted by atomic mass is 35.5. The Morgan fingerprint density at radius 2 is 1.57 bits per heavy atom. The van der Waals surface area contributed by atoms with Crippen molar-refractivity contribution in [1.29, 1.82) is 0 Å². The van der Waals surface area contributed by atoms with Crippen LogP contribution in [0.1, 0.15) is 12.8 Å². The molecule has 2 aliphatic rings. The van der Waals surface area contributed by atoms with E-state index >= 15 is 0 Å². The van der Waals surface area contributed by atoms with Gasteiger partial charge in [0.1, 0.15) is 4.87 Å². The Balaban J connectivity index is 2.29. The number of alkyl halides is 2. The van der Waals surface area contributed by atoms with Crippen LogP contribution in [0.5, 0.6) is 0 Å². The summed E-state index contributed by atoms with van der Waals surface area (Å²) in [5.74, 6) is 0. The molecule has 2 unspecified atom stereocenters. The molecule has 2 rings (SSSR count). The van der Waals surface area contributed by atoms with Gasteiger partial charge in [-0.1, -0.05) is 42.5 Å². The Morgan fingerprint density at radius 1 is 0.929 bits per heavy atom. The summed E-state index contributed by atoms with van der Waals surface area (Å²) in [6, 6.07) is 0. The second-order valence-corrected chi connectivity index (χ2v) is 4.38. The standard InChI is InChI=1S/C12H12ClF/c13-11(7-3-1-4-8-11)12(14)9-5-2-6-10-12/h1-7,9H,8,10H2. The smallest absolute Gasteiger partial charge is 0.155 e. The number of allylic oxidation sites excluding steroid dienone is 8. The van der Waals surface area contributed by atoms with Crippen LogP contribution >= 0.6 is 11.6 Å². The Morgan fingerprint density at radius 3 is 2.07 bits per heavy atom. The maximum absolute atomic E-state index is 14.5. The van der Waals surface area contributed by atoms with Gasteiger partial charge in [-0.25, -0.2) is 4.39 Å². The fraction of sp³-hybridized carbons (Fsp3) is 0.333. The predicted molar refractivity (Wildman–Crippen MR) is 58.2 cm³/mol. The van der Waals surface area contributed by atoms with Crippen LogP contribution in [0.25, 0.3) is 0 Å². The van der Waals surface area contributed by atoms with Gasteiger partial charge in [0.25, 0.3) is 0 Å². The second kappa shape index (κ2) is 3.39. The Bertz CT molecular complexity index is 306. The summed E-state index contributed by atoms with van der Waals surface area (Å²) < 4.78 is 14.5. The molecule has 2 heteroatoms. The first-order chi connectivity index (χ1) is 6.66. The zero-order valence-electron chi connectivity index (χ0n) is 7.79. The van der Waals surface area contributed by atoms with E-state index in [1.54, 1.807) is 18.2 Å². The third-order valence-corrected chi connectivity index (χ3v) is 3.33. The topological polar surface area (TPSA) is 0 Å². The maximum Gasteiger partial charge on any atom is 0.155 e. The molecule has 14 heavy (non-hydrogen) atoms. The van der Waals surface area contributed by atoms with E-state index in [2.05, 4.69) is 0 Å². The number of hydrogen-bond donors (Lipinski definition) is 0. The summed E-state index contributed by atoms with van der Waals surface area (Å²) in [4.78, 5) is -0.914. The summed E-state index contributed by atoms with van der Waals surface area (Å²) in [5, 5.41) is 0. The molecule has 0 aliphatic heterocycles. The lowest BCUT2D eigenvalue weighted by atomic mass is 9.79. The fourth-order valence-electron chi connectivity index (χ4n) is 1.80. The molecule has 0 saturated carbocycles. The summed E-state index contributed by atoms with van der Waals surface area (Å²) in [6.07, 6.45) is 15.2. The van der Waals surface area contributed by atoms with Gasteiger partial charge in [-0.3, -0.25) is 0 Å². The summed E-state index contributed by atoms with van der Waals surface area (Å²) in [5.41, 5.74) is -1.45. The van der Waals surface area contributed by atoms with Gasteiger partial charge >= 0.3 is 0 Å². The molecule has 2 atom stereocenters. The van der Waals surface area contributed by atoms with Gasteiger partial charge in [-0.2, -0.15) is 0 Å². The highest BCUT2D eigenvalue weighted by molar-refractivity contribution is 6.26. The van der Waals surface area contributed by atoms with E-state index in [1.807, 2.05) is 30.4 Å². The van der Waals surface area contributed by atoms with Gasteiger partial charge in [0.2, 0.25) is 0 Å². The van der Waals surface area contributed by atoms with Crippen molar-refractivity contribution in [3.63, 3.8) is 0 Å². The quantitative estimate of drug-likeness (QED) is 0.579. The fourth-order valence-corrected chi connectivity index (χ4v) is 2.11. The first-order valence-electron chi connectivity index (χ1n) is 4.73. The van der Waals surface area contributed by atoms with Crippen molar-refractivity contribution in [2.75, 3.05) is 0 Å². The molecule has 0 bridgehead atoms. The molecule has 0 amide bonds. The van der Waals surface area contributed by atoms with Crippen LogP contribution in [-0.4, -0.2) is 10.5 Å². The lowest BCUT2D eigenvalue weighted by Crippen LogP contribution is -2.44. The van der Waals surface area contributed by atoms with E-state index in [4.69, 9.17) is 11.6 Å². The van der Waals surface area contributed by atoms with Gasteiger partial charge in [0, 0.05) is 6.42 Å². The monoisotopic (exact) mass is 210 g/mol. The van der Waals surface area contributed by atoms with Crippen LogP contribution in [0.4, 0.5) is 4.39 Å². The molecule has 0 saturated heterocycles. The third kappa shape index (κ3) is 1.46. The average molecular weight is 211 g/mol. The van der Waals surface area contributed by atoms with Crippen LogP contribution in [0.3, 0.4) is 0 Å². The zero-order chi connectivity index (χ0) is 10.1. The van der Waals surface area contributed by atoms with Crippen molar-refractivity contribution in [1.82, 2.24) is 0 Å². The molecule has 0 spiro atoms. The van der Waals surface area contributed by atoms with E-state index in [0.29, 0.717) is 12.8 Å². The van der Waals surface area contributed by atoms with Gasteiger partial charge in [-0.15, -0.1) is 11.6 Å². The molecule has 0 heterocycles. The van der Waals surface area contributed by atoms with Gasteiger partial charge < -0.3 is 0 Å². The summed E-state index contributed by atoms with van der Waals surface area (Å²) in [7, 11) is 0. The number of rotatable bonds is 1. The maximum atomic E-state index is 14.5. The largest absolute Gasteiger partial charge is 0.237 e. The van der Waals surface area contributed by atoms with E-state index in [9.17, 15) is 4.39 Å². The van der Waals surface area contributed by atoms with E-state index in [1.165, 1.54) is 0 Å². The lowest BCUT2D eigenvalue weighted by Gasteiger charge is -2.37. The van der Waals surface area contributed by atoms with Crippen LogP contribution < -0.4 is 0 Å². The SMILES string of the molecule is FC1(C2(Cl)C=CC=CC2)C=CC=CC1. The van der Waals surface area contributed by atoms with Crippen molar-refractivity contribution in [3.05, 3.63) is 48.6 Å². The highest BCUT2D eigenvalue weighted by Gasteiger charge is 2.47. The predicted octanol–water partition coefficient (Wildman–Crippen LogP) is 3.70. The van der Waals surface area contributed by atoms with Crippen molar-refractivity contribution in [2.45, 2.75) is 23.4 Å². The average Bonchev–Trinajstić information content (AvgIpc) is 2.20. The lowest BCUT2D eigenvalue weighted by molar-refractivity contribution is 0.185. The van der Waals surface area contributed by atoms with Gasteiger partial charge in [-0.05, 0) is 12.5 Å². The third-order valence-electron chi connectivity index (χ3n) is 2.74. The first-order valence-corrected chi connectivity index (χ1v) is 5.11. The van der Waals surface area contributed by atoms with Crippen LogP contribution in [-0.2, 0) is 0 Å². The molecule has 0 aromatic heterocycles. The van der Waals surface area contributed by atoms with Crippen LogP contribution in [0, 0.1) is 0 Å². The Hall–Kier alpha value is -0.820. The molecule has 0 aromatic rings.